The van der Waals surface area contributed by atoms with Gasteiger partial charge in [0.1, 0.15) is 41.8 Å². The van der Waals surface area contributed by atoms with Crippen molar-refractivity contribution in [2.45, 2.75) is 49.2 Å². The zero-order valence-electron chi connectivity index (χ0n) is 22.9. The molecule has 10 atom stereocenters. The summed E-state index contributed by atoms with van der Waals surface area (Å²) in [5.74, 6) is -0.752. The van der Waals surface area contributed by atoms with E-state index in [0.717, 1.165) is 11.0 Å². The van der Waals surface area contributed by atoms with Gasteiger partial charge in [0.2, 0.25) is 0 Å². The number of alkyl halides is 2. The summed E-state index contributed by atoms with van der Waals surface area (Å²) in [5, 5.41) is 7.93. The maximum absolute atomic E-state index is 16.0. The van der Waals surface area contributed by atoms with Gasteiger partial charge in [-0.1, -0.05) is 35.8 Å². The number of nitrogen functional groups attached to an aromatic ring is 1. The normalized spacial score (nSPS) is 37.0. The Hall–Kier alpha value is -2.78. The molecule has 3 fully saturated rings. The van der Waals surface area contributed by atoms with E-state index < -0.39 is 81.9 Å². The molecule has 6 heterocycles. The summed E-state index contributed by atoms with van der Waals surface area (Å²) in [6.07, 6.45) is -11.1. The van der Waals surface area contributed by atoms with Crippen molar-refractivity contribution in [1.29, 1.82) is 0 Å². The van der Waals surface area contributed by atoms with Crippen molar-refractivity contribution < 1.29 is 50.3 Å². The predicted octanol–water partition coefficient (Wildman–Crippen LogP) is 2.32. The molecule has 4 N–H and O–H groups in total. The third-order valence-electron chi connectivity index (χ3n) is 7.52. The van der Waals surface area contributed by atoms with Crippen molar-refractivity contribution in [3.63, 3.8) is 0 Å². The van der Waals surface area contributed by atoms with Gasteiger partial charge < -0.3 is 20.9 Å². The lowest BCUT2D eigenvalue weighted by atomic mass is 10.1. The van der Waals surface area contributed by atoms with E-state index in [4.69, 9.17) is 39.0 Å². The molecule has 3 aromatic heterocycles. The highest BCUT2D eigenvalue weighted by molar-refractivity contribution is 8.44. The quantitative estimate of drug-likeness (QED) is 0.176. The molecule has 246 valence electrons. The van der Waals surface area contributed by atoms with Crippen LogP contribution in [-0.2, 0) is 36.7 Å². The van der Waals surface area contributed by atoms with Gasteiger partial charge in [-0.15, -0.1) is 5.10 Å². The second-order valence-corrected chi connectivity index (χ2v) is 16.1. The van der Waals surface area contributed by atoms with Crippen LogP contribution in [0.2, 0.25) is 0 Å². The number of aromatic nitrogens is 7. The van der Waals surface area contributed by atoms with Crippen LogP contribution < -0.4 is 11.5 Å². The van der Waals surface area contributed by atoms with Gasteiger partial charge in [-0.3, -0.25) is 27.5 Å². The third kappa shape index (κ3) is 5.59. The second kappa shape index (κ2) is 11.7. The van der Waals surface area contributed by atoms with E-state index in [-0.39, 0.29) is 33.6 Å². The van der Waals surface area contributed by atoms with E-state index in [2.05, 4.69) is 49.8 Å². The Bertz CT molecular complexity index is 1940. The smallest absolute Gasteiger partial charge is 0.382 e. The van der Waals surface area contributed by atoms with E-state index in [1.54, 1.807) is 0 Å². The number of fused-ring (bicyclic) bond motifs is 5. The number of hydrogen-bond donors (Lipinski definition) is 4. The molecule has 0 aliphatic carbocycles. The SMILES string of the molecule is NC(=O)c1cccc2c1nnn2[C@@H]1O[C@@H]2CO[P@](=O)(S)O[C@H]3[C@@H](F)[C@H](n4cnc5c(N)ncnc54)O[C@@H]3CO[P@](=O)(S)O[C@@H]1[C@@H]2F. The minimum atomic E-state index is -4.49. The first kappa shape index (κ1) is 31.8. The van der Waals surface area contributed by atoms with Crippen LogP contribution in [-0.4, -0.2) is 90.4 Å². The number of nitrogens with zero attached hydrogens (tertiary/aromatic N) is 7. The van der Waals surface area contributed by atoms with Gasteiger partial charge in [0, 0.05) is 0 Å². The number of anilines is 1. The summed E-state index contributed by atoms with van der Waals surface area (Å²) < 4.78 is 94.5. The highest BCUT2D eigenvalue weighted by Gasteiger charge is 2.54. The van der Waals surface area contributed by atoms with Crippen LogP contribution in [0.1, 0.15) is 22.8 Å². The van der Waals surface area contributed by atoms with Gasteiger partial charge in [0.25, 0.3) is 5.91 Å². The molecule has 3 aliphatic rings. The van der Waals surface area contributed by atoms with Gasteiger partial charge in [-0.05, 0) is 12.1 Å². The van der Waals surface area contributed by atoms with Crippen molar-refractivity contribution in [1.82, 2.24) is 34.5 Å². The highest BCUT2D eigenvalue weighted by atomic mass is 32.7. The van der Waals surface area contributed by atoms with Crippen LogP contribution in [0.25, 0.3) is 22.2 Å². The molecule has 0 unspecified atom stereocenters. The molecule has 7 rings (SSSR count). The Labute approximate surface area is 266 Å². The van der Waals surface area contributed by atoms with Crippen LogP contribution in [0.3, 0.4) is 0 Å². The summed E-state index contributed by atoms with van der Waals surface area (Å²) in [6, 6.07) is 4.42. The first-order chi connectivity index (χ1) is 21.8. The topological polar surface area (TPSA) is 233 Å². The van der Waals surface area contributed by atoms with E-state index in [1.165, 1.54) is 29.1 Å². The number of primary amides is 1. The molecular weight excluding hydrogens is 698 g/mol. The van der Waals surface area contributed by atoms with Crippen molar-refractivity contribution in [3.8, 4) is 0 Å². The van der Waals surface area contributed by atoms with Gasteiger partial charge in [-0.2, -0.15) is 0 Å². The summed E-state index contributed by atoms with van der Waals surface area (Å²) in [6.45, 7) is -10.4. The maximum atomic E-state index is 16.0. The van der Waals surface area contributed by atoms with E-state index in [0.29, 0.717) is 0 Å². The molecular formula is C22H23F2N9O9P2S2. The lowest BCUT2D eigenvalue weighted by Gasteiger charge is -2.25. The number of carbonyl (C=O) groups excluding carboxylic acids is 1. The molecule has 3 saturated heterocycles. The number of imidazole rings is 1. The largest absolute Gasteiger partial charge is 0.386 e. The van der Waals surface area contributed by atoms with Crippen LogP contribution in [0.4, 0.5) is 14.6 Å². The fourth-order valence-electron chi connectivity index (χ4n) is 5.43. The number of thiol groups is 2. The van der Waals surface area contributed by atoms with Crippen LogP contribution >= 0.6 is 38.1 Å². The van der Waals surface area contributed by atoms with Gasteiger partial charge in [0.15, 0.2) is 36.3 Å². The predicted molar refractivity (Wildman–Crippen MR) is 158 cm³/mol. The van der Waals surface area contributed by atoms with Crippen molar-refractivity contribution in [3.05, 3.63) is 36.4 Å². The molecule has 0 radical (unpaired) electrons. The van der Waals surface area contributed by atoms with E-state index >= 15 is 8.78 Å². The lowest BCUT2D eigenvalue weighted by Crippen LogP contribution is -2.33. The average molecular weight is 722 g/mol. The molecule has 0 spiro atoms. The molecule has 1 amide bonds. The number of halogens is 2. The lowest BCUT2D eigenvalue weighted by molar-refractivity contribution is -0.0603. The van der Waals surface area contributed by atoms with Crippen molar-refractivity contribution in [2.75, 3.05) is 18.9 Å². The number of nitrogens with two attached hydrogens (primary N) is 2. The minimum absolute atomic E-state index is 0.0320. The summed E-state index contributed by atoms with van der Waals surface area (Å²) in [7, 11) is 0. The van der Waals surface area contributed by atoms with Crippen LogP contribution in [0, 0.1) is 0 Å². The summed E-state index contributed by atoms with van der Waals surface area (Å²) in [5.41, 5.74) is 11.9. The Morgan fingerprint density at radius 1 is 0.935 bits per heavy atom. The summed E-state index contributed by atoms with van der Waals surface area (Å²) >= 11 is 7.97. The monoisotopic (exact) mass is 721 g/mol. The van der Waals surface area contributed by atoms with E-state index in [9.17, 15) is 13.9 Å². The van der Waals surface area contributed by atoms with Gasteiger partial charge in [-0.25, -0.2) is 37.5 Å². The first-order valence-electron chi connectivity index (χ1n) is 13.3. The molecule has 1 aromatic carbocycles. The molecule has 0 saturated carbocycles. The van der Waals surface area contributed by atoms with Crippen LogP contribution in [0.15, 0.2) is 30.9 Å². The Morgan fingerprint density at radius 2 is 1.63 bits per heavy atom. The fraction of sp³-hybridized carbons (Fsp3) is 0.455. The Kier molecular flexibility index (Phi) is 8.11. The van der Waals surface area contributed by atoms with Gasteiger partial charge >= 0.3 is 13.6 Å². The van der Waals surface area contributed by atoms with Crippen molar-refractivity contribution in [2.24, 2.45) is 5.73 Å². The van der Waals surface area contributed by atoms with E-state index in [1.807, 2.05) is 0 Å². The minimum Gasteiger partial charge on any atom is -0.382 e. The molecule has 18 nitrogen and oxygen atoms in total. The highest BCUT2D eigenvalue weighted by Crippen LogP contribution is 2.60. The average Bonchev–Trinajstić information content (AvgIpc) is 3.76. The zero-order chi connectivity index (χ0) is 32.5. The Morgan fingerprint density at radius 3 is 2.37 bits per heavy atom. The number of hydrogen-bond acceptors (Lipinski definition) is 15. The fourth-order valence-corrected chi connectivity index (χ4v) is 8.36. The first-order valence-corrected chi connectivity index (χ1v) is 18.7. The molecule has 24 heteroatoms. The number of rotatable bonds is 3. The number of benzene rings is 1. The maximum Gasteiger partial charge on any atom is 0.386 e. The Balaban J connectivity index is 1.20. The number of carbonyl (C=O) groups is 1. The molecule has 2 bridgehead atoms. The van der Waals surface area contributed by atoms with Crippen molar-refractivity contribution >= 4 is 72.0 Å². The molecule has 46 heavy (non-hydrogen) atoms. The third-order valence-corrected chi connectivity index (χ3v) is 10.7. The number of amides is 1. The molecule has 4 aromatic rings. The standard InChI is InChI=1S/C22H23F2N9O9P2S2/c23-12-10-4-37-43(35,45)41-16-11(40-21(13(16)24)32-7-29-15-18(25)27-6-28-20(15)32)5-38-44(36,46)42-17(12)22(39-10)33-9-3-1-2-8(19(26)34)14(9)30-31-33/h1-3,6-7,10-13,16-17,21-22H,4-5H2,(H2,26,34)(H,35,45)(H,36,46)(H2,25,27,28)/t10-,11-,12-,13-,16-,17-,21-,22-,43+,44+/m1/s1. The van der Waals surface area contributed by atoms with Crippen LogP contribution in [0.5, 0.6) is 0 Å². The zero-order valence-corrected chi connectivity index (χ0v) is 26.5. The number of ether oxygens (including phenoxy) is 2. The second-order valence-electron chi connectivity index (χ2n) is 10.3. The van der Waals surface area contributed by atoms with Gasteiger partial charge in [0.05, 0.1) is 30.6 Å². The summed E-state index contributed by atoms with van der Waals surface area (Å²) in [4.78, 5) is 23.9. The molecule has 3 aliphatic heterocycles.